The fraction of sp³-hybridized carbons (Fsp3) is 0. The Kier molecular flexibility index (Phi) is 6.84. The summed E-state index contributed by atoms with van der Waals surface area (Å²) in [6.07, 6.45) is 0. The second kappa shape index (κ2) is 11.8. The average molecular weight is 614 g/mol. The third kappa shape index (κ3) is 4.92. The number of rotatable bonds is 6. The van der Waals surface area contributed by atoms with Gasteiger partial charge in [-0.2, -0.15) is 0 Å². The SMILES string of the molecule is c1ccc(-c2ccc(N(c3ccc(-c4ccccc4)cc3)c3ccc4c(c3)oc3c(-c5ccccc5)cc5ccccc5c34)cc2)cc1. The Hall–Kier alpha value is -6.38. The highest BCUT2D eigenvalue weighted by atomic mass is 16.3. The van der Waals surface area contributed by atoms with Gasteiger partial charge in [-0.3, -0.25) is 0 Å². The lowest BCUT2D eigenvalue weighted by Gasteiger charge is -2.26. The van der Waals surface area contributed by atoms with E-state index in [0.29, 0.717) is 0 Å². The van der Waals surface area contributed by atoms with Crippen molar-refractivity contribution in [1.82, 2.24) is 0 Å². The molecule has 0 saturated carbocycles. The summed E-state index contributed by atoms with van der Waals surface area (Å²) in [5.74, 6) is 0. The maximum atomic E-state index is 6.84. The lowest BCUT2D eigenvalue weighted by atomic mass is 9.96. The van der Waals surface area contributed by atoms with E-state index in [4.69, 9.17) is 4.42 Å². The molecule has 0 aliphatic carbocycles. The molecule has 1 heterocycles. The van der Waals surface area contributed by atoms with Crippen LogP contribution in [0.3, 0.4) is 0 Å². The molecule has 226 valence electrons. The zero-order chi connectivity index (χ0) is 31.9. The van der Waals surface area contributed by atoms with Crippen molar-refractivity contribution < 1.29 is 4.42 Å². The number of furan rings is 1. The van der Waals surface area contributed by atoms with Crippen LogP contribution in [0.2, 0.25) is 0 Å². The summed E-state index contributed by atoms with van der Waals surface area (Å²) in [7, 11) is 0. The normalized spacial score (nSPS) is 11.3. The van der Waals surface area contributed by atoms with Crippen molar-refractivity contribution in [2.45, 2.75) is 0 Å². The van der Waals surface area contributed by atoms with Crippen molar-refractivity contribution in [2.24, 2.45) is 0 Å². The molecule has 1 aromatic heterocycles. The van der Waals surface area contributed by atoms with Gasteiger partial charge in [0, 0.05) is 39.5 Å². The number of anilines is 3. The van der Waals surface area contributed by atoms with Crippen LogP contribution >= 0.6 is 0 Å². The molecule has 0 unspecified atom stereocenters. The molecule has 0 spiro atoms. The maximum Gasteiger partial charge on any atom is 0.143 e. The van der Waals surface area contributed by atoms with E-state index < -0.39 is 0 Å². The van der Waals surface area contributed by atoms with E-state index in [1.165, 1.54) is 33.0 Å². The first kappa shape index (κ1) is 27.9. The van der Waals surface area contributed by atoms with Crippen molar-refractivity contribution in [3.05, 3.63) is 188 Å². The Morgan fingerprint density at radius 2 is 0.833 bits per heavy atom. The summed E-state index contributed by atoms with van der Waals surface area (Å²) in [6.45, 7) is 0. The third-order valence-electron chi connectivity index (χ3n) is 9.26. The van der Waals surface area contributed by atoms with Crippen LogP contribution in [0.1, 0.15) is 0 Å². The van der Waals surface area contributed by atoms with Gasteiger partial charge in [-0.1, -0.05) is 140 Å². The topological polar surface area (TPSA) is 16.4 Å². The van der Waals surface area contributed by atoms with Crippen LogP contribution in [0.25, 0.3) is 66.1 Å². The van der Waals surface area contributed by atoms with E-state index >= 15 is 0 Å². The van der Waals surface area contributed by atoms with Crippen molar-refractivity contribution in [3.63, 3.8) is 0 Å². The van der Waals surface area contributed by atoms with Crippen LogP contribution in [0, 0.1) is 0 Å². The minimum atomic E-state index is 0.864. The zero-order valence-corrected chi connectivity index (χ0v) is 26.3. The van der Waals surface area contributed by atoms with Gasteiger partial charge in [-0.25, -0.2) is 0 Å². The van der Waals surface area contributed by atoms with E-state index in [-0.39, 0.29) is 0 Å². The van der Waals surface area contributed by atoms with Crippen LogP contribution in [0.5, 0.6) is 0 Å². The van der Waals surface area contributed by atoms with Crippen LogP contribution in [-0.4, -0.2) is 0 Å². The van der Waals surface area contributed by atoms with Gasteiger partial charge in [0.15, 0.2) is 0 Å². The summed E-state index contributed by atoms with van der Waals surface area (Å²) in [5.41, 5.74) is 12.0. The summed E-state index contributed by atoms with van der Waals surface area (Å²) >= 11 is 0. The molecule has 2 nitrogen and oxygen atoms in total. The van der Waals surface area contributed by atoms with E-state index in [1.54, 1.807) is 0 Å². The molecule has 2 heteroatoms. The lowest BCUT2D eigenvalue weighted by molar-refractivity contribution is 0.670. The summed E-state index contributed by atoms with van der Waals surface area (Å²) in [5, 5.41) is 4.67. The molecule has 0 N–H and O–H groups in total. The zero-order valence-electron chi connectivity index (χ0n) is 26.3. The molecule has 9 rings (SSSR count). The molecule has 9 aromatic rings. The quantitative estimate of drug-likeness (QED) is 0.185. The van der Waals surface area contributed by atoms with Gasteiger partial charge in [0.2, 0.25) is 0 Å². The first-order valence-electron chi connectivity index (χ1n) is 16.3. The molecule has 0 aliphatic heterocycles. The molecular weight excluding hydrogens is 583 g/mol. The van der Waals surface area contributed by atoms with E-state index in [1.807, 2.05) is 0 Å². The Bertz CT molecular complexity index is 2430. The maximum absolute atomic E-state index is 6.84. The highest BCUT2D eigenvalue weighted by Gasteiger charge is 2.19. The largest absolute Gasteiger partial charge is 0.455 e. The molecule has 0 aliphatic rings. The average Bonchev–Trinajstić information content (AvgIpc) is 3.56. The molecular formula is C46H31NO. The van der Waals surface area contributed by atoms with Crippen LogP contribution < -0.4 is 4.90 Å². The van der Waals surface area contributed by atoms with Gasteiger partial charge >= 0.3 is 0 Å². The van der Waals surface area contributed by atoms with Crippen molar-refractivity contribution in [1.29, 1.82) is 0 Å². The van der Waals surface area contributed by atoms with Gasteiger partial charge in [0.05, 0.1) is 0 Å². The number of nitrogens with zero attached hydrogens (tertiary/aromatic N) is 1. The first-order chi connectivity index (χ1) is 23.8. The number of hydrogen-bond acceptors (Lipinski definition) is 2. The summed E-state index contributed by atoms with van der Waals surface area (Å²) in [4.78, 5) is 2.31. The van der Waals surface area contributed by atoms with Crippen LogP contribution in [-0.2, 0) is 0 Å². The third-order valence-corrected chi connectivity index (χ3v) is 9.26. The highest BCUT2D eigenvalue weighted by molar-refractivity contribution is 6.22. The number of fused-ring (bicyclic) bond motifs is 5. The Balaban J connectivity index is 1.22. The van der Waals surface area contributed by atoms with E-state index in [9.17, 15) is 0 Å². The van der Waals surface area contributed by atoms with Crippen LogP contribution in [0.15, 0.2) is 192 Å². The monoisotopic (exact) mass is 613 g/mol. The Morgan fingerprint density at radius 3 is 1.42 bits per heavy atom. The first-order valence-corrected chi connectivity index (χ1v) is 16.3. The molecule has 0 atom stereocenters. The molecule has 0 amide bonds. The summed E-state index contributed by atoms with van der Waals surface area (Å²) < 4.78 is 6.84. The number of benzene rings is 8. The van der Waals surface area contributed by atoms with Gasteiger partial charge < -0.3 is 9.32 Å². The van der Waals surface area contributed by atoms with Gasteiger partial charge in [-0.15, -0.1) is 0 Å². The smallest absolute Gasteiger partial charge is 0.143 e. The lowest BCUT2D eigenvalue weighted by Crippen LogP contribution is -2.09. The highest BCUT2D eigenvalue weighted by Crippen LogP contribution is 2.44. The van der Waals surface area contributed by atoms with Gasteiger partial charge in [0.1, 0.15) is 11.2 Å². The molecule has 0 saturated heterocycles. The minimum absolute atomic E-state index is 0.864. The van der Waals surface area contributed by atoms with E-state index in [0.717, 1.165) is 50.1 Å². The van der Waals surface area contributed by atoms with Gasteiger partial charge in [0.25, 0.3) is 0 Å². The van der Waals surface area contributed by atoms with Crippen LogP contribution in [0.4, 0.5) is 17.1 Å². The van der Waals surface area contributed by atoms with Crippen molar-refractivity contribution >= 4 is 49.8 Å². The predicted octanol–water partition coefficient (Wildman–Crippen LogP) is 13.2. The fourth-order valence-corrected chi connectivity index (χ4v) is 6.90. The number of hydrogen-bond donors (Lipinski definition) is 0. The molecule has 0 fully saturated rings. The van der Waals surface area contributed by atoms with Gasteiger partial charge in [-0.05, 0) is 81.1 Å². The minimum Gasteiger partial charge on any atom is -0.455 e. The fourth-order valence-electron chi connectivity index (χ4n) is 6.90. The molecule has 0 radical (unpaired) electrons. The predicted molar refractivity (Wildman–Crippen MR) is 202 cm³/mol. The molecule has 8 aromatic carbocycles. The molecule has 48 heavy (non-hydrogen) atoms. The summed E-state index contributed by atoms with van der Waals surface area (Å²) in [6, 6.07) is 66.7. The van der Waals surface area contributed by atoms with Crippen molar-refractivity contribution in [2.75, 3.05) is 4.90 Å². The second-order valence-electron chi connectivity index (χ2n) is 12.2. The second-order valence-corrected chi connectivity index (χ2v) is 12.2. The standard InChI is InChI=1S/C46H31NO/c1-4-12-32(13-5-1)34-20-24-38(25-21-34)47(39-26-22-35(23-27-39)33-14-6-2-7-15-33)40-28-29-42-44(31-40)48-46-43(36-16-8-3-9-17-36)30-37-18-10-11-19-41(37)45(42)46/h1-31H. The molecule has 0 bridgehead atoms. The Labute approximate surface area is 279 Å². The van der Waals surface area contributed by atoms with Crippen molar-refractivity contribution in [3.8, 4) is 33.4 Å². The Morgan fingerprint density at radius 1 is 0.354 bits per heavy atom. The van der Waals surface area contributed by atoms with E-state index in [2.05, 4.69) is 193 Å².